The average Bonchev–Trinajstić information content (AvgIpc) is 2.86. The molecule has 1 saturated heterocycles. The zero-order valence-corrected chi connectivity index (χ0v) is 11.6. The zero-order valence-electron chi connectivity index (χ0n) is 11.6. The first kappa shape index (κ1) is 12.5. The van der Waals surface area contributed by atoms with Gasteiger partial charge >= 0.3 is 0 Å². The van der Waals surface area contributed by atoms with Gasteiger partial charge in [0.1, 0.15) is 0 Å². The molecule has 19 heavy (non-hydrogen) atoms. The number of rotatable bonds is 3. The largest absolute Gasteiger partial charge is 0.382 e. The third kappa shape index (κ3) is 2.59. The third-order valence-corrected chi connectivity index (χ3v) is 4.15. The Labute approximate surface area is 113 Å². The molecule has 0 saturated carbocycles. The summed E-state index contributed by atoms with van der Waals surface area (Å²) in [6, 6.07) is 6.82. The van der Waals surface area contributed by atoms with Crippen LogP contribution in [0.3, 0.4) is 0 Å². The number of benzene rings is 1. The second-order valence-corrected chi connectivity index (χ2v) is 5.66. The maximum Gasteiger partial charge on any atom is 0.0671 e. The number of anilines is 1. The first-order valence-electron chi connectivity index (χ1n) is 7.02. The van der Waals surface area contributed by atoms with Gasteiger partial charge in [-0.05, 0) is 44.4 Å². The van der Waals surface area contributed by atoms with Gasteiger partial charge in [0.05, 0.1) is 17.3 Å². The lowest BCUT2D eigenvalue weighted by molar-refractivity contribution is -0.0708. The molecule has 0 spiro atoms. The van der Waals surface area contributed by atoms with Crippen molar-refractivity contribution in [2.75, 3.05) is 11.9 Å². The molecule has 0 radical (unpaired) electrons. The molecular formula is C15H21N3O. The van der Waals surface area contributed by atoms with E-state index in [-0.39, 0.29) is 5.60 Å². The van der Waals surface area contributed by atoms with E-state index in [1.807, 2.05) is 6.20 Å². The lowest BCUT2D eigenvalue weighted by Crippen LogP contribution is -2.41. The number of hydrogen-bond acceptors (Lipinski definition) is 3. The minimum Gasteiger partial charge on any atom is -0.382 e. The summed E-state index contributed by atoms with van der Waals surface area (Å²) >= 11 is 0. The second-order valence-electron chi connectivity index (χ2n) is 5.66. The van der Waals surface area contributed by atoms with E-state index >= 15 is 0 Å². The van der Waals surface area contributed by atoms with Crippen LogP contribution in [0.25, 0.3) is 10.9 Å². The summed E-state index contributed by atoms with van der Waals surface area (Å²) in [7, 11) is 0. The number of H-pyrrole nitrogens is 1. The monoisotopic (exact) mass is 259 g/mol. The van der Waals surface area contributed by atoms with Gasteiger partial charge in [-0.2, -0.15) is 5.10 Å². The van der Waals surface area contributed by atoms with E-state index in [9.17, 15) is 0 Å². The van der Waals surface area contributed by atoms with Crippen molar-refractivity contribution in [2.45, 2.75) is 44.8 Å². The van der Waals surface area contributed by atoms with Crippen LogP contribution in [0, 0.1) is 0 Å². The van der Waals surface area contributed by atoms with Crippen LogP contribution in [0.15, 0.2) is 24.4 Å². The van der Waals surface area contributed by atoms with E-state index in [1.54, 1.807) is 0 Å². The minimum atomic E-state index is 0.0235. The number of aromatic nitrogens is 2. The van der Waals surface area contributed by atoms with Crippen LogP contribution in [0.5, 0.6) is 0 Å². The summed E-state index contributed by atoms with van der Waals surface area (Å²) in [5.41, 5.74) is 2.27. The average molecular weight is 259 g/mol. The molecule has 1 fully saturated rings. The second kappa shape index (κ2) is 4.85. The summed E-state index contributed by atoms with van der Waals surface area (Å²) in [6.45, 7) is 5.25. The smallest absolute Gasteiger partial charge is 0.0671 e. The van der Waals surface area contributed by atoms with Gasteiger partial charge < -0.3 is 10.1 Å². The lowest BCUT2D eigenvalue weighted by Gasteiger charge is -2.38. The fourth-order valence-corrected chi connectivity index (χ4v) is 2.77. The summed E-state index contributed by atoms with van der Waals surface area (Å²) < 4.78 is 5.89. The highest BCUT2D eigenvalue weighted by Crippen LogP contribution is 2.30. The molecule has 2 unspecified atom stereocenters. The first-order valence-corrected chi connectivity index (χ1v) is 7.02. The fraction of sp³-hybridized carbons (Fsp3) is 0.533. The van der Waals surface area contributed by atoms with Crippen LogP contribution < -0.4 is 5.32 Å². The highest BCUT2D eigenvalue weighted by Gasteiger charge is 2.31. The molecule has 1 aliphatic heterocycles. The number of nitrogens with zero attached hydrogens (tertiary/aromatic N) is 1. The SMILES string of the molecule is CCC1(C)CC(Nc2ccc3[nH]ncc3c2)CCO1. The van der Waals surface area contributed by atoms with Crippen molar-refractivity contribution in [1.82, 2.24) is 10.2 Å². The van der Waals surface area contributed by atoms with Gasteiger partial charge in [0.2, 0.25) is 0 Å². The number of ether oxygens (including phenoxy) is 1. The molecule has 102 valence electrons. The molecular weight excluding hydrogens is 238 g/mol. The summed E-state index contributed by atoms with van der Waals surface area (Å²) in [6.07, 6.45) is 5.05. The van der Waals surface area contributed by atoms with Crippen molar-refractivity contribution in [3.8, 4) is 0 Å². The van der Waals surface area contributed by atoms with Gasteiger partial charge in [0.25, 0.3) is 0 Å². The Morgan fingerprint density at radius 1 is 1.53 bits per heavy atom. The zero-order chi connectivity index (χ0) is 13.3. The minimum absolute atomic E-state index is 0.0235. The molecule has 4 nitrogen and oxygen atoms in total. The van der Waals surface area contributed by atoms with Crippen molar-refractivity contribution < 1.29 is 4.74 Å². The Morgan fingerprint density at radius 3 is 3.26 bits per heavy atom. The summed E-state index contributed by atoms with van der Waals surface area (Å²) in [5.74, 6) is 0. The van der Waals surface area contributed by atoms with Gasteiger partial charge in [-0.3, -0.25) is 5.10 Å². The normalized spacial score (nSPS) is 27.6. The van der Waals surface area contributed by atoms with Crippen molar-refractivity contribution in [3.05, 3.63) is 24.4 Å². The van der Waals surface area contributed by atoms with Crippen LogP contribution in [0.2, 0.25) is 0 Å². The Balaban J connectivity index is 1.73. The summed E-state index contributed by atoms with van der Waals surface area (Å²) in [5, 5.41) is 11.8. The van der Waals surface area contributed by atoms with Crippen molar-refractivity contribution in [1.29, 1.82) is 0 Å². The highest BCUT2D eigenvalue weighted by molar-refractivity contribution is 5.81. The molecule has 2 N–H and O–H groups in total. The lowest BCUT2D eigenvalue weighted by atomic mass is 9.90. The topological polar surface area (TPSA) is 49.9 Å². The Morgan fingerprint density at radius 2 is 2.42 bits per heavy atom. The van der Waals surface area contributed by atoms with Gasteiger partial charge in [0, 0.05) is 23.7 Å². The Hall–Kier alpha value is -1.55. The van der Waals surface area contributed by atoms with E-state index in [4.69, 9.17) is 4.74 Å². The quantitative estimate of drug-likeness (QED) is 0.889. The summed E-state index contributed by atoms with van der Waals surface area (Å²) in [4.78, 5) is 0. The number of aromatic amines is 1. The van der Waals surface area contributed by atoms with Gasteiger partial charge in [0.15, 0.2) is 0 Å². The van der Waals surface area contributed by atoms with Crippen LogP contribution in [0.1, 0.15) is 33.1 Å². The molecule has 1 aromatic heterocycles. The molecule has 0 aliphatic carbocycles. The van der Waals surface area contributed by atoms with E-state index in [0.717, 1.165) is 36.8 Å². The van der Waals surface area contributed by atoms with Crippen LogP contribution in [-0.2, 0) is 4.74 Å². The molecule has 2 atom stereocenters. The fourth-order valence-electron chi connectivity index (χ4n) is 2.77. The van der Waals surface area contributed by atoms with E-state index in [1.165, 1.54) is 5.69 Å². The van der Waals surface area contributed by atoms with Crippen LogP contribution in [0.4, 0.5) is 5.69 Å². The molecule has 1 aliphatic rings. The van der Waals surface area contributed by atoms with Crippen LogP contribution >= 0.6 is 0 Å². The predicted molar refractivity (Wildman–Crippen MR) is 77.4 cm³/mol. The molecule has 0 bridgehead atoms. The predicted octanol–water partition coefficient (Wildman–Crippen LogP) is 3.32. The van der Waals surface area contributed by atoms with Gasteiger partial charge in [-0.15, -0.1) is 0 Å². The maximum atomic E-state index is 5.89. The highest BCUT2D eigenvalue weighted by atomic mass is 16.5. The Bertz CT molecular complexity index is 565. The van der Waals surface area contributed by atoms with E-state index < -0.39 is 0 Å². The van der Waals surface area contributed by atoms with E-state index in [0.29, 0.717) is 6.04 Å². The van der Waals surface area contributed by atoms with Crippen molar-refractivity contribution >= 4 is 16.6 Å². The molecule has 3 rings (SSSR count). The number of fused-ring (bicyclic) bond motifs is 1. The number of hydrogen-bond donors (Lipinski definition) is 2. The van der Waals surface area contributed by atoms with Crippen LogP contribution in [-0.4, -0.2) is 28.4 Å². The molecule has 4 heteroatoms. The molecule has 2 heterocycles. The van der Waals surface area contributed by atoms with E-state index in [2.05, 4.69) is 47.6 Å². The number of nitrogens with one attached hydrogen (secondary N) is 2. The molecule has 2 aromatic rings. The first-order chi connectivity index (χ1) is 9.18. The van der Waals surface area contributed by atoms with Gasteiger partial charge in [-0.25, -0.2) is 0 Å². The molecule has 0 amide bonds. The third-order valence-electron chi connectivity index (χ3n) is 4.15. The van der Waals surface area contributed by atoms with Gasteiger partial charge in [-0.1, -0.05) is 6.92 Å². The Kier molecular flexibility index (Phi) is 3.19. The maximum absolute atomic E-state index is 5.89. The molecule has 1 aromatic carbocycles. The standard InChI is InChI=1S/C15H21N3O/c1-3-15(2)9-13(6-7-19-15)17-12-4-5-14-11(8-12)10-16-18-14/h4-5,8,10,13,17H,3,6-7,9H2,1-2H3,(H,16,18). The van der Waals surface area contributed by atoms with Crippen molar-refractivity contribution in [3.63, 3.8) is 0 Å². The van der Waals surface area contributed by atoms with Crippen molar-refractivity contribution in [2.24, 2.45) is 0 Å².